The van der Waals surface area contributed by atoms with E-state index in [9.17, 15) is 4.79 Å². The van der Waals surface area contributed by atoms with E-state index >= 15 is 0 Å². The number of hydrogen-bond donors (Lipinski definition) is 1. The molecule has 0 unspecified atom stereocenters. The van der Waals surface area contributed by atoms with E-state index in [2.05, 4.69) is 10.3 Å². The van der Waals surface area contributed by atoms with Crippen LogP contribution in [-0.4, -0.2) is 30.7 Å². The van der Waals surface area contributed by atoms with Crippen LogP contribution in [0.5, 0.6) is 17.2 Å². The number of amides is 1. The Hall–Kier alpha value is -3.54. The highest BCUT2D eigenvalue weighted by Gasteiger charge is 2.18. The summed E-state index contributed by atoms with van der Waals surface area (Å²) in [7, 11) is 0. The average Bonchev–Trinajstić information content (AvgIpc) is 2.78. The SMILES string of the molecule is CCOc1cc(C(=O)Nc2ccc(Cc3ccncc3)cc2)cc(OCC)c1OCC. The van der Waals surface area contributed by atoms with Crippen LogP contribution in [0.25, 0.3) is 0 Å². The van der Waals surface area contributed by atoms with Crippen LogP contribution < -0.4 is 19.5 Å². The minimum absolute atomic E-state index is 0.244. The number of carbonyl (C=O) groups is 1. The highest BCUT2D eigenvalue weighted by Crippen LogP contribution is 2.39. The van der Waals surface area contributed by atoms with Gasteiger partial charge in [0.15, 0.2) is 11.5 Å². The molecular formula is C25H28N2O4. The molecule has 0 saturated carbocycles. The maximum Gasteiger partial charge on any atom is 0.255 e. The van der Waals surface area contributed by atoms with E-state index in [4.69, 9.17) is 14.2 Å². The Bertz CT molecular complexity index is 961. The topological polar surface area (TPSA) is 69.7 Å². The Morgan fingerprint density at radius 3 is 1.90 bits per heavy atom. The molecule has 6 heteroatoms. The smallest absolute Gasteiger partial charge is 0.255 e. The highest BCUT2D eigenvalue weighted by atomic mass is 16.5. The molecule has 0 aliphatic rings. The van der Waals surface area contributed by atoms with Gasteiger partial charge in [-0.1, -0.05) is 12.1 Å². The standard InChI is InChI=1S/C25H28N2O4/c1-4-29-22-16-20(17-23(30-5-2)24(22)31-6-3)25(28)27-21-9-7-18(8-10-21)15-19-11-13-26-14-12-19/h7-14,16-17H,4-6,15H2,1-3H3,(H,27,28). The summed E-state index contributed by atoms with van der Waals surface area (Å²) in [5.41, 5.74) is 3.50. The summed E-state index contributed by atoms with van der Waals surface area (Å²) in [4.78, 5) is 16.9. The molecule has 0 aliphatic heterocycles. The van der Waals surface area contributed by atoms with Crippen molar-refractivity contribution in [1.82, 2.24) is 4.98 Å². The molecule has 0 spiro atoms. The molecule has 1 heterocycles. The van der Waals surface area contributed by atoms with E-state index in [1.807, 2.05) is 57.2 Å². The molecule has 0 radical (unpaired) electrons. The third-order valence-electron chi connectivity index (χ3n) is 4.54. The van der Waals surface area contributed by atoms with Crippen LogP contribution in [0.3, 0.4) is 0 Å². The molecule has 1 N–H and O–H groups in total. The molecule has 162 valence electrons. The second-order valence-corrected chi connectivity index (χ2v) is 6.78. The molecule has 3 rings (SSSR count). The van der Waals surface area contributed by atoms with Crippen molar-refractivity contribution in [3.05, 3.63) is 77.6 Å². The summed E-state index contributed by atoms with van der Waals surface area (Å²) in [6.45, 7) is 7.04. The number of anilines is 1. The Balaban J connectivity index is 1.77. The maximum atomic E-state index is 12.9. The number of nitrogens with one attached hydrogen (secondary N) is 1. The van der Waals surface area contributed by atoms with Crippen molar-refractivity contribution in [2.75, 3.05) is 25.1 Å². The first-order valence-electron chi connectivity index (χ1n) is 10.5. The van der Waals surface area contributed by atoms with Crippen molar-refractivity contribution in [2.24, 2.45) is 0 Å². The van der Waals surface area contributed by atoms with E-state index in [-0.39, 0.29) is 5.91 Å². The van der Waals surface area contributed by atoms with Crippen LogP contribution in [-0.2, 0) is 6.42 Å². The fraction of sp³-hybridized carbons (Fsp3) is 0.280. The van der Waals surface area contributed by atoms with Gasteiger partial charge < -0.3 is 19.5 Å². The zero-order valence-corrected chi connectivity index (χ0v) is 18.2. The fourth-order valence-corrected chi connectivity index (χ4v) is 3.17. The zero-order valence-electron chi connectivity index (χ0n) is 18.2. The molecule has 31 heavy (non-hydrogen) atoms. The molecule has 2 aromatic carbocycles. The minimum atomic E-state index is -0.244. The molecule has 1 aromatic heterocycles. The van der Waals surface area contributed by atoms with Gasteiger partial charge in [-0.3, -0.25) is 9.78 Å². The van der Waals surface area contributed by atoms with Gasteiger partial charge >= 0.3 is 0 Å². The number of hydrogen-bond acceptors (Lipinski definition) is 5. The van der Waals surface area contributed by atoms with Gasteiger partial charge in [-0.2, -0.15) is 0 Å². The van der Waals surface area contributed by atoms with Crippen LogP contribution in [0.2, 0.25) is 0 Å². The average molecular weight is 421 g/mol. The molecule has 0 aliphatic carbocycles. The lowest BCUT2D eigenvalue weighted by atomic mass is 10.1. The van der Waals surface area contributed by atoms with Gasteiger partial charge in [0.2, 0.25) is 5.75 Å². The van der Waals surface area contributed by atoms with Crippen molar-refractivity contribution in [3.8, 4) is 17.2 Å². The van der Waals surface area contributed by atoms with Crippen LogP contribution in [0.1, 0.15) is 42.3 Å². The Labute approximate surface area is 183 Å². The quantitative estimate of drug-likeness (QED) is 0.493. The van der Waals surface area contributed by atoms with Gasteiger partial charge in [-0.05, 0) is 74.7 Å². The summed E-state index contributed by atoms with van der Waals surface area (Å²) in [6.07, 6.45) is 4.38. The number of carbonyl (C=O) groups excluding carboxylic acids is 1. The number of ether oxygens (including phenoxy) is 3. The van der Waals surface area contributed by atoms with Gasteiger partial charge in [0, 0.05) is 23.6 Å². The summed E-state index contributed by atoms with van der Waals surface area (Å²) in [5, 5.41) is 2.94. The molecule has 0 bridgehead atoms. The Kier molecular flexibility index (Phi) is 7.87. The van der Waals surface area contributed by atoms with E-state index < -0.39 is 0 Å². The zero-order chi connectivity index (χ0) is 22.1. The molecule has 0 atom stereocenters. The van der Waals surface area contributed by atoms with Gasteiger partial charge in [-0.25, -0.2) is 0 Å². The summed E-state index contributed by atoms with van der Waals surface area (Å²) < 4.78 is 17.1. The predicted molar refractivity (Wildman–Crippen MR) is 121 cm³/mol. The third-order valence-corrected chi connectivity index (χ3v) is 4.54. The van der Waals surface area contributed by atoms with Crippen LogP contribution in [0.4, 0.5) is 5.69 Å². The summed E-state index contributed by atoms with van der Waals surface area (Å²) in [5.74, 6) is 1.26. The predicted octanol–water partition coefficient (Wildman–Crippen LogP) is 5.12. The number of rotatable bonds is 10. The monoisotopic (exact) mass is 420 g/mol. The van der Waals surface area contributed by atoms with Gasteiger partial charge in [0.25, 0.3) is 5.91 Å². The number of aromatic nitrogens is 1. The molecule has 6 nitrogen and oxygen atoms in total. The first-order valence-corrected chi connectivity index (χ1v) is 10.5. The van der Waals surface area contributed by atoms with Crippen LogP contribution in [0, 0.1) is 0 Å². The molecule has 0 saturated heterocycles. The third kappa shape index (κ3) is 5.98. The van der Waals surface area contributed by atoms with Gasteiger partial charge in [0.1, 0.15) is 0 Å². The second-order valence-electron chi connectivity index (χ2n) is 6.78. The van der Waals surface area contributed by atoms with Crippen molar-refractivity contribution < 1.29 is 19.0 Å². The van der Waals surface area contributed by atoms with Crippen LogP contribution in [0.15, 0.2) is 60.9 Å². The Morgan fingerprint density at radius 2 is 1.35 bits per heavy atom. The van der Waals surface area contributed by atoms with Crippen molar-refractivity contribution in [2.45, 2.75) is 27.2 Å². The first kappa shape index (κ1) is 22.2. The lowest BCUT2D eigenvalue weighted by Gasteiger charge is -2.17. The Morgan fingerprint density at radius 1 is 0.806 bits per heavy atom. The van der Waals surface area contributed by atoms with Crippen LogP contribution >= 0.6 is 0 Å². The lowest BCUT2D eigenvalue weighted by molar-refractivity contribution is 0.102. The summed E-state index contributed by atoms with van der Waals surface area (Å²) in [6, 6.07) is 15.2. The van der Waals surface area contributed by atoms with E-state index in [1.165, 1.54) is 5.56 Å². The fourth-order valence-electron chi connectivity index (χ4n) is 3.17. The van der Waals surface area contributed by atoms with E-state index in [0.717, 1.165) is 12.0 Å². The van der Waals surface area contributed by atoms with Gasteiger partial charge in [-0.15, -0.1) is 0 Å². The summed E-state index contributed by atoms with van der Waals surface area (Å²) >= 11 is 0. The first-order chi connectivity index (χ1) is 15.1. The largest absolute Gasteiger partial charge is 0.490 e. The molecule has 0 fully saturated rings. The molecular weight excluding hydrogens is 392 g/mol. The van der Waals surface area contributed by atoms with Gasteiger partial charge in [0.05, 0.1) is 19.8 Å². The molecule has 3 aromatic rings. The maximum absolute atomic E-state index is 12.9. The highest BCUT2D eigenvalue weighted by molar-refractivity contribution is 6.05. The van der Waals surface area contributed by atoms with Crippen molar-refractivity contribution in [3.63, 3.8) is 0 Å². The number of benzene rings is 2. The van der Waals surface area contributed by atoms with E-state index in [0.29, 0.717) is 48.3 Å². The second kappa shape index (κ2) is 11.0. The van der Waals surface area contributed by atoms with E-state index in [1.54, 1.807) is 24.5 Å². The minimum Gasteiger partial charge on any atom is -0.490 e. The lowest BCUT2D eigenvalue weighted by Crippen LogP contribution is -2.13. The number of nitrogens with zero attached hydrogens (tertiary/aromatic N) is 1. The normalized spacial score (nSPS) is 10.4. The molecule has 1 amide bonds. The number of pyridine rings is 1. The van der Waals surface area contributed by atoms with Crippen molar-refractivity contribution >= 4 is 11.6 Å². The van der Waals surface area contributed by atoms with Crippen molar-refractivity contribution in [1.29, 1.82) is 0 Å².